The number of esters is 1. The largest absolute Gasteiger partial charge is 0.479 e. The van der Waals surface area contributed by atoms with Crippen molar-refractivity contribution >= 4 is 23.7 Å². The Labute approximate surface area is 147 Å². The van der Waals surface area contributed by atoms with Crippen LogP contribution in [0, 0.1) is 0 Å². The number of alkyl carbamates (subject to hydrolysis) is 1. The van der Waals surface area contributed by atoms with Crippen LogP contribution >= 0.6 is 11.6 Å². The molecule has 1 rings (SSSR count). The van der Waals surface area contributed by atoms with Crippen molar-refractivity contribution in [1.82, 2.24) is 5.32 Å². The molecular formula is C17H24ClNO5. The molecule has 6 nitrogen and oxygen atoms in total. The van der Waals surface area contributed by atoms with Crippen molar-refractivity contribution in [1.29, 1.82) is 0 Å². The lowest BCUT2D eigenvalue weighted by Gasteiger charge is -2.19. The predicted octanol–water partition coefficient (Wildman–Crippen LogP) is 3.57. The monoisotopic (exact) mass is 357 g/mol. The van der Waals surface area contributed by atoms with E-state index >= 15 is 0 Å². The SMILES string of the molecule is CC(Oc1cccc(Cl)c1)C(=O)OCCCNC(=O)OC(C)(C)C. The summed E-state index contributed by atoms with van der Waals surface area (Å²) >= 11 is 5.85. The maximum atomic E-state index is 11.8. The van der Waals surface area contributed by atoms with Gasteiger partial charge in [0.15, 0.2) is 6.10 Å². The van der Waals surface area contributed by atoms with E-state index in [4.69, 9.17) is 25.8 Å². The molecule has 24 heavy (non-hydrogen) atoms. The highest BCUT2D eigenvalue weighted by molar-refractivity contribution is 6.30. The molecule has 0 saturated carbocycles. The number of rotatable bonds is 7. The molecule has 7 heteroatoms. The zero-order valence-electron chi connectivity index (χ0n) is 14.4. The van der Waals surface area contributed by atoms with Crippen LogP contribution in [-0.4, -0.2) is 36.9 Å². The molecule has 0 aliphatic rings. The lowest BCUT2D eigenvalue weighted by atomic mass is 10.2. The Bertz CT molecular complexity index is 556. The third-order valence-electron chi connectivity index (χ3n) is 2.67. The summed E-state index contributed by atoms with van der Waals surface area (Å²) in [6.45, 7) is 7.49. The maximum Gasteiger partial charge on any atom is 0.407 e. The first-order valence-electron chi connectivity index (χ1n) is 7.73. The van der Waals surface area contributed by atoms with E-state index in [9.17, 15) is 9.59 Å². The fraction of sp³-hybridized carbons (Fsp3) is 0.529. The standard InChI is InChI=1S/C17H24ClNO5/c1-12(23-14-8-5-7-13(18)11-14)15(20)22-10-6-9-19-16(21)24-17(2,3)4/h5,7-8,11-12H,6,9-10H2,1-4H3,(H,19,21). The zero-order valence-corrected chi connectivity index (χ0v) is 15.2. The van der Waals surface area contributed by atoms with Gasteiger partial charge in [0.25, 0.3) is 0 Å². The molecule has 0 aromatic heterocycles. The summed E-state index contributed by atoms with van der Waals surface area (Å²) < 4.78 is 15.6. The van der Waals surface area contributed by atoms with Crippen molar-refractivity contribution in [3.63, 3.8) is 0 Å². The molecule has 0 spiro atoms. The molecule has 0 radical (unpaired) electrons. The predicted molar refractivity (Wildman–Crippen MR) is 91.4 cm³/mol. The molecule has 1 atom stereocenters. The number of hydrogen-bond donors (Lipinski definition) is 1. The number of amides is 1. The van der Waals surface area contributed by atoms with Gasteiger partial charge >= 0.3 is 12.1 Å². The van der Waals surface area contributed by atoms with E-state index in [1.165, 1.54) is 0 Å². The fourth-order valence-corrected chi connectivity index (χ4v) is 1.84. The number of carbonyl (C=O) groups is 2. The second kappa shape index (κ2) is 9.37. The second-order valence-electron chi connectivity index (χ2n) is 6.17. The van der Waals surface area contributed by atoms with Crippen LogP contribution in [-0.2, 0) is 14.3 Å². The van der Waals surface area contributed by atoms with Gasteiger partial charge < -0.3 is 19.5 Å². The molecule has 1 aromatic carbocycles. The smallest absolute Gasteiger partial charge is 0.407 e. The summed E-state index contributed by atoms with van der Waals surface area (Å²) in [7, 11) is 0. The van der Waals surface area contributed by atoms with Crippen molar-refractivity contribution < 1.29 is 23.8 Å². The van der Waals surface area contributed by atoms with Gasteiger partial charge in [-0.15, -0.1) is 0 Å². The minimum absolute atomic E-state index is 0.178. The van der Waals surface area contributed by atoms with Crippen molar-refractivity contribution in [3.8, 4) is 5.75 Å². The van der Waals surface area contributed by atoms with Crippen LogP contribution in [0.25, 0.3) is 0 Å². The lowest BCUT2D eigenvalue weighted by Crippen LogP contribution is -2.33. The summed E-state index contributed by atoms with van der Waals surface area (Å²) in [6, 6.07) is 6.78. The van der Waals surface area contributed by atoms with Crippen molar-refractivity contribution in [2.24, 2.45) is 0 Å². The molecule has 0 heterocycles. The fourth-order valence-electron chi connectivity index (χ4n) is 1.66. The Morgan fingerprint density at radius 2 is 2.00 bits per heavy atom. The van der Waals surface area contributed by atoms with Crippen LogP contribution < -0.4 is 10.1 Å². The van der Waals surface area contributed by atoms with Gasteiger partial charge in [0.2, 0.25) is 0 Å². The molecule has 0 fully saturated rings. The molecule has 1 aromatic rings. The maximum absolute atomic E-state index is 11.8. The number of hydrogen-bond acceptors (Lipinski definition) is 5. The van der Waals surface area contributed by atoms with E-state index in [1.807, 2.05) is 0 Å². The minimum atomic E-state index is -0.748. The van der Waals surface area contributed by atoms with E-state index < -0.39 is 23.8 Å². The van der Waals surface area contributed by atoms with E-state index in [1.54, 1.807) is 52.0 Å². The highest BCUT2D eigenvalue weighted by Crippen LogP contribution is 2.18. The number of nitrogens with one attached hydrogen (secondary N) is 1. The van der Waals surface area contributed by atoms with Crippen molar-refractivity contribution in [3.05, 3.63) is 29.3 Å². The number of carbonyl (C=O) groups excluding carboxylic acids is 2. The van der Waals surface area contributed by atoms with E-state index in [-0.39, 0.29) is 6.61 Å². The molecule has 0 aliphatic heterocycles. The zero-order chi connectivity index (χ0) is 18.2. The van der Waals surface area contributed by atoms with Gasteiger partial charge in [-0.3, -0.25) is 0 Å². The first-order valence-corrected chi connectivity index (χ1v) is 8.11. The summed E-state index contributed by atoms with van der Waals surface area (Å²) in [4.78, 5) is 23.2. The lowest BCUT2D eigenvalue weighted by molar-refractivity contribution is -0.151. The quantitative estimate of drug-likeness (QED) is 0.596. The van der Waals surface area contributed by atoms with Crippen LogP contribution in [0.2, 0.25) is 5.02 Å². The minimum Gasteiger partial charge on any atom is -0.479 e. The molecule has 0 bridgehead atoms. The molecule has 1 amide bonds. The van der Waals surface area contributed by atoms with Gasteiger partial charge in [0, 0.05) is 11.6 Å². The average Bonchev–Trinajstić information content (AvgIpc) is 2.44. The molecule has 0 saturated heterocycles. The topological polar surface area (TPSA) is 73.9 Å². The van der Waals surface area contributed by atoms with Crippen LogP contribution in [0.5, 0.6) is 5.75 Å². The summed E-state index contributed by atoms with van der Waals surface area (Å²) in [5, 5.41) is 3.12. The Hall–Kier alpha value is -1.95. The van der Waals surface area contributed by atoms with E-state index in [0.29, 0.717) is 23.7 Å². The first kappa shape index (κ1) is 20.1. The highest BCUT2D eigenvalue weighted by atomic mass is 35.5. The summed E-state index contributed by atoms with van der Waals surface area (Å²) in [5.74, 6) is 0.0192. The van der Waals surface area contributed by atoms with Crippen molar-refractivity contribution in [2.75, 3.05) is 13.2 Å². The van der Waals surface area contributed by atoms with Gasteiger partial charge in [0.1, 0.15) is 11.4 Å². The average molecular weight is 358 g/mol. The first-order chi connectivity index (χ1) is 11.2. The van der Waals surface area contributed by atoms with E-state index in [2.05, 4.69) is 5.32 Å². The van der Waals surface area contributed by atoms with Gasteiger partial charge in [-0.1, -0.05) is 17.7 Å². The Kier molecular flexibility index (Phi) is 7.85. The molecule has 134 valence electrons. The van der Waals surface area contributed by atoms with Crippen LogP contribution in [0.3, 0.4) is 0 Å². The van der Waals surface area contributed by atoms with Gasteiger partial charge in [-0.2, -0.15) is 0 Å². The van der Waals surface area contributed by atoms with Crippen molar-refractivity contribution in [2.45, 2.75) is 45.8 Å². The van der Waals surface area contributed by atoms with Gasteiger partial charge in [-0.25, -0.2) is 9.59 Å². The van der Waals surface area contributed by atoms with E-state index in [0.717, 1.165) is 0 Å². The Balaban J connectivity index is 2.20. The highest BCUT2D eigenvalue weighted by Gasteiger charge is 2.17. The normalized spacial score (nSPS) is 12.2. The number of benzene rings is 1. The number of halogens is 1. The summed E-state index contributed by atoms with van der Waals surface area (Å²) in [5.41, 5.74) is -0.538. The molecule has 1 N–H and O–H groups in total. The van der Waals surface area contributed by atoms with Crippen LogP contribution in [0.4, 0.5) is 4.79 Å². The number of ether oxygens (including phenoxy) is 3. The van der Waals surface area contributed by atoms with Gasteiger partial charge in [0.05, 0.1) is 6.61 Å². The second-order valence-corrected chi connectivity index (χ2v) is 6.60. The summed E-state index contributed by atoms with van der Waals surface area (Å²) in [6.07, 6.45) is -0.761. The third kappa shape index (κ3) is 8.62. The van der Waals surface area contributed by atoms with Crippen LogP contribution in [0.15, 0.2) is 24.3 Å². The Morgan fingerprint density at radius 1 is 1.29 bits per heavy atom. The molecule has 0 aliphatic carbocycles. The Morgan fingerprint density at radius 3 is 2.62 bits per heavy atom. The van der Waals surface area contributed by atoms with Crippen LogP contribution in [0.1, 0.15) is 34.1 Å². The molecular weight excluding hydrogens is 334 g/mol. The molecule has 1 unspecified atom stereocenters. The van der Waals surface area contributed by atoms with Gasteiger partial charge in [-0.05, 0) is 52.3 Å². The third-order valence-corrected chi connectivity index (χ3v) is 2.91.